The molecule has 116 valence electrons. The number of ether oxygens (including phenoxy) is 1. The van der Waals surface area contributed by atoms with Gasteiger partial charge in [-0.2, -0.15) is 0 Å². The van der Waals surface area contributed by atoms with Crippen LogP contribution in [-0.2, 0) is 11.2 Å². The Balaban J connectivity index is 1.51. The summed E-state index contributed by atoms with van der Waals surface area (Å²) in [5.74, 6) is 0.575. The van der Waals surface area contributed by atoms with E-state index in [1.807, 2.05) is 6.20 Å². The minimum Gasteiger partial charge on any atom is -0.379 e. The summed E-state index contributed by atoms with van der Waals surface area (Å²) in [6.45, 7) is 1.74. The maximum atomic E-state index is 5.79. The van der Waals surface area contributed by atoms with E-state index in [2.05, 4.69) is 40.6 Å². The summed E-state index contributed by atoms with van der Waals surface area (Å²) in [6, 6.07) is 11.8. The van der Waals surface area contributed by atoms with E-state index >= 15 is 0 Å². The lowest BCUT2D eigenvalue weighted by Gasteiger charge is -2.23. The lowest BCUT2D eigenvalue weighted by atomic mass is 9.92. The fourth-order valence-electron chi connectivity index (χ4n) is 3.99. The van der Waals surface area contributed by atoms with Crippen LogP contribution in [-0.4, -0.2) is 30.3 Å². The predicted molar refractivity (Wildman–Crippen MR) is 88.9 cm³/mol. The average molecular weight is 296 g/mol. The number of hydrogen-bond donors (Lipinski definition) is 1. The summed E-state index contributed by atoms with van der Waals surface area (Å²) in [5.41, 5.74) is 2.50. The Morgan fingerprint density at radius 3 is 2.86 bits per heavy atom. The fraction of sp³-hybridized carbons (Fsp3) is 0.526. The molecule has 2 aromatic rings. The van der Waals surface area contributed by atoms with Gasteiger partial charge in [0.15, 0.2) is 0 Å². The Bertz CT molecular complexity index is 631. The molecule has 2 aliphatic rings. The number of fused-ring (bicyclic) bond motifs is 1. The van der Waals surface area contributed by atoms with Gasteiger partial charge in [-0.05, 0) is 37.0 Å². The van der Waals surface area contributed by atoms with Crippen LogP contribution >= 0.6 is 0 Å². The van der Waals surface area contributed by atoms with Crippen LogP contribution in [0.5, 0.6) is 0 Å². The largest absolute Gasteiger partial charge is 0.379 e. The predicted octanol–water partition coefficient (Wildman–Crippen LogP) is 3.32. The van der Waals surface area contributed by atoms with Crippen LogP contribution in [0.25, 0.3) is 10.9 Å². The molecule has 3 nitrogen and oxygen atoms in total. The van der Waals surface area contributed by atoms with Gasteiger partial charge in [0.25, 0.3) is 0 Å². The normalized spacial score (nSPS) is 26.0. The Hall–Kier alpha value is -1.45. The summed E-state index contributed by atoms with van der Waals surface area (Å²) in [5, 5.41) is 5.14. The van der Waals surface area contributed by atoms with Crippen LogP contribution in [0.1, 0.15) is 31.2 Å². The SMILES string of the molecule is c1ccc2c(C[C@@H]3COC[C@@H]3NC3CCCC3)ccnc2c1. The zero-order chi connectivity index (χ0) is 14.8. The quantitative estimate of drug-likeness (QED) is 0.940. The van der Waals surface area contributed by atoms with Crippen LogP contribution in [0, 0.1) is 5.92 Å². The van der Waals surface area contributed by atoms with E-state index in [-0.39, 0.29) is 0 Å². The second-order valence-corrected chi connectivity index (χ2v) is 6.74. The van der Waals surface area contributed by atoms with E-state index in [1.165, 1.54) is 36.6 Å². The summed E-state index contributed by atoms with van der Waals surface area (Å²) in [7, 11) is 0. The Morgan fingerprint density at radius 2 is 1.95 bits per heavy atom. The van der Waals surface area contributed by atoms with Crippen molar-refractivity contribution in [1.29, 1.82) is 0 Å². The van der Waals surface area contributed by atoms with Gasteiger partial charge in [-0.3, -0.25) is 4.98 Å². The lowest BCUT2D eigenvalue weighted by Crippen LogP contribution is -2.42. The Morgan fingerprint density at radius 1 is 1.09 bits per heavy atom. The third-order valence-corrected chi connectivity index (χ3v) is 5.22. The van der Waals surface area contributed by atoms with E-state index in [1.54, 1.807) is 0 Å². The third kappa shape index (κ3) is 2.88. The molecule has 1 aromatic carbocycles. The topological polar surface area (TPSA) is 34.1 Å². The second kappa shape index (κ2) is 6.35. The molecule has 1 saturated carbocycles. The third-order valence-electron chi connectivity index (χ3n) is 5.22. The lowest BCUT2D eigenvalue weighted by molar-refractivity contribution is 0.181. The van der Waals surface area contributed by atoms with Crippen molar-refractivity contribution in [2.24, 2.45) is 5.92 Å². The smallest absolute Gasteiger partial charge is 0.0704 e. The molecule has 1 saturated heterocycles. The van der Waals surface area contributed by atoms with Crippen molar-refractivity contribution in [1.82, 2.24) is 10.3 Å². The molecule has 0 radical (unpaired) electrons. The number of pyridine rings is 1. The highest BCUT2D eigenvalue weighted by molar-refractivity contribution is 5.81. The number of rotatable bonds is 4. The number of hydrogen-bond acceptors (Lipinski definition) is 3. The summed E-state index contributed by atoms with van der Waals surface area (Å²) in [4.78, 5) is 4.47. The fourth-order valence-corrected chi connectivity index (χ4v) is 3.99. The molecule has 0 bridgehead atoms. The second-order valence-electron chi connectivity index (χ2n) is 6.74. The van der Waals surface area contributed by atoms with Crippen LogP contribution < -0.4 is 5.32 Å². The van der Waals surface area contributed by atoms with Gasteiger partial charge in [0.05, 0.1) is 18.7 Å². The van der Waals surface area contributed by atoms with Gasteiger partial charge in [-0.25, -0.2) is 0 Å². The maximum Gasteiger partial charge on any atom is 0.0704 e. The van der Waals surface area contributed by atoms with Gasteiger partial charge >= 0.3 is 0 Å². The van der Waals surface area contributed by atoms with Crippen LogP contribution in [0.4, 0.5) is 0 Å². The van der Waals surface area contributed by atoms with Crippen molar-refractivity contribution in [3.63, 3.8) is 0 Å². The first-order valence-corrected chi connectivity index (χ1v) is 8.56. The number of nitrogens with zero attached hydrogens (tertiary/aromatic N) is 1. The molecular weight excluding hydrogens is 272 g/mol. The summed E-state index contributed by atoms with van der Waals surface area (Å²) >= 11 is 0. The van der Waals surface area contributed by atoms with Crippen molar-refractivity contribution in [3.05, 3.63) is 42.1 Å². The van der Waals surface area contributed by atoms with E-state index in [4.69, 9.17) is 4.74 Å². The molecular formula is C19H24N2O. The number of nitrogens with one attached hydrogen (secondary N) is 1. The number of para-hydroxylation sites is 1. The molecule has 1 aliphatic heterocycles. The molecule has 1 aromatic heterocycles. The number of aromatic nitrogens is 1. The van der Waals surface area contributed by atoms with Gasteiger partial charge in [0, 0.05) is 29.6 Å². The van der Waals surface area contributed by atoms with Gasteiger partial charge < -0.3 is 10.1 Å². The standard InChI is InChI=1S/C19H24N2O/c1-2-6-16(5-1)21-19-13-22-12-15(19)11-14-9-10-20-18-8-4-3-7-17(14)18/h3-4,7-10,15-16,19,21H,1-2,5-6,11-13H2/t15-,19+/m1/s1. The highest BCUT2D eigenvalue weighted by Crippen LogP contribution is 2.26. The van der Waals surface area contributed by atoms with Crippen LogP contribution in [0.2, 0.25) is 0 Å². The first-order valence-electron chi connectivity index (χ1n) is 8.56. The van der Waals surface area contributed by atoms with Gasteiger partial charge in [0.1, 0.15) is 0 Å². The van der Waals surface area contributed by atoms with Crippen molar-refractivity contribution < 1.29 is 4.74 Å². The first-order chi connectivity index (χ1) is 10.9. The van der Waals surface area contributed by atoms with Crippen molar-refractivity contribution in [3.8, 4) is 0 Å². The van der Waals surface area contributed by atoms with Gasteiger partial charge in [0.2, 0.25) is 0 Å². The molecule has 2 atom stereocenters. The molecule has 0 amide bonds. The highest BCUT2D eigenvalue weighted by Gasteiger charge is 2.31. The van der Waals surface area contributed by atoms with E-state index < -0.39 is 0 Å². The molecule has 2 heterocycles. The zero-order valence-electron chi connectivity index (χ0n) is 13.0. The maximum absolute atomic E-state index is 5.79. The van der Waals surface area contributed by atoms with Crippen LogP contribution in [0.15, 0.2) is 36.5 Å². The minimum absolute atomic E-state index is 0.509. The molecule has 0 spiro atoms. The van der Waals surface area contributed by atoms with E-state index in [0.717, 1.165) is 25.2 Å². The Labute approximate surface area is 132 Å². The zero-order valence-corrected chi connectivity index (χ0v) is 13.0. The highest BCUT2D eigenvalue weighted by atomic mass is 16.5. The van der Waals surface area contributed by atoms with E-state index in [9.17, 15) is 0 Å². The molecule has 4 rings (SSSR count). The molecule has 2 fully saturated rings. The molecule has 1 N–H and O–H groups in total. The van der Waals surface area contributed by atoms with Crippen LogP contribution in [0.3, 0.4) is 0 Å². The van der Waals surface area contributed by atoms with Crippen molar-refractivity contribution >= 4 is 10.9 Å². The number of benzene rings is 1. The van der Waals surface area contributed by atoms with Crippen molar-refractivity contribution in [2.45, 2.75) is 44.2 Å². The monoisotopic (exact) mass is 296 g/mol. The summed E-state index contributed by atoms with van der Waals surface area (Å²) < 4.78 is 5.79. The average Bonchev–Trinajstić information content (AvgIpc) is 3.21. The molecule has 1 aliphatic carbocycles. The molecule has 3 heteroatoms. The van der Waals surface area contributed by atoms with E-state index in [0.29, 0.717) is 18.0 Å². The first kappa shape index (κ1) is 14.2. The van der Waals surface area contributed by atoms with Gasteiger partial charge in [-0.15, -0.1) is 0 Å². The summed E-state index contributed by atoms with van der Waals surface area (Å²) in [6.07, 6.45) is 8.44. The Kier molecular flexibility index (Phi) is 4.09. The molecule has 22 heavy (non-hydrogen) atoms. The van der Waals surface area contributed by atoms with Crippen molar-refractivity contribution in [2.75, 3.05) is 13.2 Å². The molecule has 0 unspecified atom stereocenters. The minimum atomic E-state index is 0.509. The van der Waals surface area contributed by atoms with Gasteiger partial charge in [-0.1, -0.05) is 31.0 Å².